The number of carbonyl (C=O) groups is 1. The quantitative estimate of drug-likeness (QED) is 0.414. The van der Waals surface area contributed by atoms with Gasteiger partial charge >= 0.3 is 0 Å². The number of aliphatic hydroxyl groups is 1. The van der Waals surface area contributed by atoms with E-state index in [0.29, 0.717) is 25.1 Å². The van der Waals surface area contributed by atoms with Gasteiger partial charge in [0.25, 0.3) is 0 Å². The molecule has 0 aliphatic carbocycles. The molecule has 0 saturated carbocycles. The molecule has 2 aromatic carbocycles. The summed E-state index contributed by atoms with van der Waals surface area (Å²) in [5.74, 6) is 0.123. The third-order valence-corrected chi connectivity index (χ3v) is 3.19. The van der Waals surface area contributed by atoms with Gasteiger partial charge in [-0.05, 0) is 41.6 Å². The smallest absolute Gasteiger partial charge is 0.142 e. The summed E-state index contributed by atoms with van der Waals surface area (Å²) in [6.45, 7) is 4.92. The molecule has 124 valence electrons. The van der Waals surface area contributed by atoms with Crippen molar-refractivity contribution in [2.24, 2.45) is 0 Å². The molecule has 0 unspecified atom stereocenters. The standard InChI is InChI=1S/C15H19NO3.C3H4O/c1-16-5-6-19-10-12-4-2-3-11-7-13(9-17)15(18)8-14(11)12;1-2-3-4/h2-4,7-8,16-18H,5-6,9-10H2,1H3;2-3H,1H2. The summed E-state index contributed by atoms with van der Waals surface area (Å²) in [6, 6.07) is 9.40. The lowest BCUT2D eigenvalue weighted by molar-refractivity contribution is -0.104. The fourth-order valence-electron chi connectivity index (χ4n) is 2.03. The third-order valence-electron chi connectivity index (χ3n) is 3.19. The number of phenols is 1. The molecule has 0 amide bonds. The number of benzene rings is 2. The minimum absolute atomic E-state index is 0.123. The highest BCUT2D eigenvalue weighted by molar-refractivity contribution is 5.87. The van der Waals surface area contributed by atoms with Gasteiger partial charge < -0.3 is 20.3 Å². The van der Waals surface area contributed by atoms with Crippen LogP contribution >= 0.6 is 0 Å². The van der Waals surface area contributed by atoms with Crippen molar-refractivity contribution in [2.75, 3.05) is 20.2 Å². The van der Waals surface area contributed by atoms with Gasteiger partial charge in [-0.15, -0.1) is 0 Å². The van der Waals surface area contributed by atoms with Crippen LogP contribution < -0.4 is 5.32 Å². The van der Waals surface area contributed by atoms with Crippen molar-refractivity contribution in [1.29, 1.82) is 0 Å². The van der Waals surface area contributed by atoms with E-state index in [9.17, 15) is 5.11 Å². The number of nitrogens with one attached hydrogen (secondary N) is 1. The first kappa shape index (κ1) is 18.8. The lowest BCUT2D eigenvalue weighted by Gasteiger charge is -2.10. The second kappa shape index (κ2) is 10.5. The number of aldehydes is 1. The predicted molar refractivity (Wildman–Crippen MR) is 91.4 cm³/mol. The predicted octanol–water partition coefficient (Wildman–Crippen LogP) is 2.15. The Kier molecular flexibility index (Phi) is 8.60. The Morgan fingerprint density at radius 1 is 1.30 bits per heavy atom. The Labute approximate surface area is 136 Å². The lowest BCUT2D eigenvalue weighted by Crippen LogP contribution is -2.14. The maximum atomic E-state index is 9.83. The summed E-state index contributed by atoms with van der Waals surface area (Å²) in [6.07, 6.45) is 1.83. The molecule has 5 heteroatoms. The monoisotopic (exact) mass is 317 g/mol. The van der Waals surface area contributed by atoms with Gasteiger partial charge in [-0.25, -0.2) is 0 Å². The zero-order chi connectivity index (χ0) is 17.1. The number of hydrogen-bond acceptors (Lipinski definition) is 5. The van der Waals surface area contributed by atoms with Crippen molar-refractivity contribution in [3.63, 3.8) is 0 Å². The largest absolute Gasteiger partial charge is 0.508 e. The van der Waals surface area contributed by atoms with Gasteiger partial charge in [0.2, 0.25) is 0 Å². The third kappa shape index (κ3) is 5.83. The van der Waals surface area contributed by atoms with Crippen LogP contribution in [0.3, 0.4) is 0 Å². The number of aromatic hydroxyl groups is 1. The van der Waals surface area contributed by atoms with Gasteiger partial charge in [0.1, 0.15) is 12.0 Å². The Morgan fingerprint density at radius 2 is 2.04 bits per heavy atom. The van der Waals surface area contributed by atoms with Gasteiger partial charge in [-0.1, -0.05) is 24.8 Å². The highest BCUT2D eigenvalue weighted by Gasteiger charge is 2.06. The Bertz CT molecular complexity index is 634. The zero-order valence-corrected chi connectivity index (χ0v) is 13.3. The SMILES string of the molecule is C=CC=O.CNCCOCc1cccc2cc(CO)c(O)cc12. The van der Waals surface area contributed by atoms with Crippen LogP contribution in [0.1, 0.15) is 11.1 Å². The highest BCUT2D eigenvalue weighted by Crippen LogP contribution is 2.27. The summed E-state index contributed by atoms with van der Waals surface area (Å²) < 4.78 is 5.57. The fraction of sp³-hybridized carbons (Fsp3) is 0.278. The molecule has 0 heterocycles. The first-order valence-corrected chi connectivity index (χ1v) is 7.30. The zero-order valence-electron chi connectivity index (χ0n) is 13.3. The minimum Gasteiger partial charge on any atom is -0.508 e. The van der Waals surface area contributed by atoms with Crippen LogP contribution in [0.5, 0.6) is 5.75 Å². The van der Waals surface area contributed by atoms with Crippen molar-refractivity contribution >= 4 is 17.1 Å². The lowest BCUT2D eigenvalue weighted by atomic mass is 10.0. The second-order valence-electron chi connectivity index (χ2n) is 4.81. The minimum atomic E-state index is -0.162. The normalized spacial score (nSPS) is 10.0. The molecular weight excluding hydrogens is 294 g/mol. The molecule has 0 fully saturated rings. The summed E-state index contributed by atoms with van der Waals surface area (Å²) in [4.78, 5) is 9.06. The molecule has 0 aliphatic heterocycles. The molecule has 2 aromatic rings. The average molecular weight is 317 g/mol. The van der Waals surface area contributed by atoms with Crippen molar-refractivity contribution in [3.8, 4) is 5.75 Å². The summed E-state index contributed by atoms with van der Waals surface area (Å²) in [5, 5.41) is 24.0. The van der Waals surface area contributed by atoms with E-state index in [1.54, 1.807) is 6.07 Å². The number of aliphatic hydroxyl groups excluding tert-OH is 1. The van der Waals surface area contributed by atoms with Crippen LogP contribution in [0.4, 0.5) is 0 Å². The van der Waals surface area contributed by atoms with Crippen LogP contribution in [0, 0.1) is 0 Å². The maximum Gasteiger partial charge on any atom is 0.142 e. The van der Waals surface area contributed by atoms with Gasteiger partial charge in [-0.3, -0.25) is 4.79 Å². The van der Waals surface area contributed by atoms with E-state index < -0.39 is 0 Å². The fourth-order valence-corrected chi connectivity index (χ4v) is 2.03. The number of likely N-dealkylation sites (N-methyl/N-ethyl adjacent to an activating group) is 1. The molecule has 3 N–H and O–H groups in total. The maximum absolute atomic E-state index is 9.83. The molecular formula is C18H23NO4. The molecule has 0 aromatic heterocycles. The molecule has 0 spiro atoms. The van der Waals surface area contributed by atoms with Crippen LogP contribution in [0.25, 0.3) is 10.8 Å². The van der Waals surface area contributed by atoms with Crippen LogP contribution in [-0.2, 0) is 22.7 Å². The molecule has 5 nitrogen and oxygen atoms in total. The molecule has 0 bridgehead atoms. The number of rotatable bonds is 7. The molecule has 23 heavy (non-hydrogen) atoms. The van der Waals surface area contributed by atoms with Gasteiger partial charge in [0.15, 0.2) is 0 Å². The number of allylic oxidation sites excluding steroid dienone is 1. The van der Waals surface area contributed by atoms with Gasteiger partial charge in [0, 0.05) is 12.1 Å². The summed E-state index contributed by atoms with van der Waals surface area (Å²) >= 11 is 0. The molecule has 0 aliphatic rings. The van der Waals surface area contributed by atoms with Crippen molar-refractivity contribution in [3.05, 3.63) is 54.1 Å². The average Bonchev–Trinajstić information content (AvgIpc) is 2.58. The molecule has 0 atom stereocenters. The number of hydrogen-bond donors (Lipinski definition) is 3. The van der Waals surface area contributed by atoms with Crippen molar-refractivity contribution in [2.45, 2.75) is 13.2 Å². The van der Waals surface area contributed by atoms with E-state index in [1.165, 1.54) is 6.08 Å². The Morgan fingerprint density at radius 3 is 2.65 bits per heavy atom. The van der Waals surface area contributed by atoms with E-state index in [-0.39, 0.29) is 12.4 Å². The molecule has 0 saturated heterocycles. The van der Waals surface area contributed by atoms with Crippen LogP contribution in [0.15, 0.2) is 43.0 Å². The molecule has 2 rings (SSSR count). The highest BCUT2D eigenvalue weighted by atomic mass is 16.5. The van der Waals surface area contributed by atoms with Crippen LogP contribution in [-0.4, -0.2) is 36.7 Å². The van der Waals surface area contributed by atoms with E-state index in [4.69, 9.17) is 14.6 Å². The molecule has 0 radical (unpaired) electrons. The number of fused-ring (bicyclic) bond motifs is 1. The first-order valence-electron chi connectivity index (χ1n) is 7.30. The topological polar surface area (TPSA) is 78.8 Å². The van der Waals surface area contributed by atoms with E-state index in [0.717, 1.165) is 22.9 Å². The van der Waals surface area contributed by atoms with E-state index >= 15 is 0 Å². The number of carbonyl (C=O) groups excluding carboxylic acids is 1. The Hall–Kier alpha value is -2.21. The van der Waals surface area contributed by atoms with Crippen molar-refractivity contribution in [1.82, 2.24) is 5.32 Å². The summed E-state index contributed by atoms with van der Waals surface area (Å²) in [5.41, 5.74) is 1.58. The Balaban J connectivity index is 0.000000593. The first-order chi connectivity index (χ1) is 11.2. The van der Waals surface area contributed by atoms with Gasteiger partial charge in [0.05, 0.1) is 19.8 Å². The van der Waals surface area contributed by atoms with E-state index in [1.807, 2.05) is 31.3 Å². The second-order valence-corrected chi connectivity index (χ2v) is 4.81. The van der Waals surface area contributed by atoms with E-state index in [2.05, 4.69) is 11.9 Å². The number of ether oxygens (including phenoxy) is 1. The summed E-state index contributed by atoms with van der Waals surface area (Å²) in [7, 11) is 1.88. The van der Waals surface area contributed by atoms with Crippen LogP contribution in [0.2, 0.25) is 0 Å². The van der Waals surface area contributed by atoms with Crippen molar-refractivity contribution < 1.29 is 19.7 Å². The van der Waals surface area contributed by atoms with Gasteiger partial charge in [-0.2, -0.15) is 0 Å².